The number of hydrogen-bond donors (Lipinski definition) is 1. The van der Waals surface area contributed by atoms with Crippen LogP contribution in [-0.2, 0) is 6.54 Å². The Hall–Kier alpha value is -2.04. The molecule has 0 aliphatic rings. The van der Waals surface area contributed by atoms with Crippen molar-refractivity contribution < 1.29 is 9.21 Å². The lowest BCUT2D eigenvalue weighted by molar-refractivity contribution is 0.0945. The molecule has 1 unspecified atom stereocenters. The zero-order chi connectivity index (χ0) is 14.7. The highest BCUT2D eigenvalue weighted by atomic mass is 16.3. The van der Waals surface area contributed by atoms with Gasteiger partial charge in [-0.15, -0.1) is 0 Å². The Kier molecular flexibility index (Phi) is 4.27. The lowest BCUT2D eigenvalue weighted by atomic mass is 10.1. The van der Waals surface area contributed by atoms with Crippen LogP contribution in [-0.4, -0.2) is 22.2 Å². The van der Waals surface area contributed by atoms with Gasteiger partial charge in [-0.25, -0.2) is 0 Å². The molecule has 0 saturated carbocycles. The largest absolute Gasteiger partial charge is 0.469 e. The van der Waals surface area contributed by atoms with E-state index in [-0.39, 0.29) is 5.91 Å². The number of aryl methyl sites for hydroxylation is 3. The number of hydrogen-bond acceptors (Lipinski definition) is 3. The van der Waals surface area contributed by atoms with Gasteiger partial charge in [0.05, 0.1) is 17.5 Å². The van der Waals surface area contributed by atoms with Crippen LogP contribution in [0.25, 0.3) is 0 Å². The van der Waals surface area contributed by atoms with E-state index < -0.39 is 0 Å². The van der Waals surface area contributed by atoms with E-state index in [0.717, 1.165) is 17.9 Å². The normalized spacial score (nSPS) is 12.4. The summed E-state index contributed by atoms with van der Waals surface area (Å²) in [6.07, 6.45) is 1.53. The Morgan fingerprint density at radius 3 is 2.75 bits per heavy atom. The van der Waals surface area contributed by atoms with Crippen molar-refractivity contribution in [3.8, 4) is 0 Å². The van der Waals surface area contributed by atoms with E-state index in [1.165, 1.54) is 6.26 Å². The van der Waals surface area contributed by atoms with E-state index >= 15 is 0 Å². The van der Waals surface area contributed by atoms with E-state index in [9.17, 15) is 4.79 Å². The first kappa shape index (κ1) is 14.4. The number of furan rings is 1. The summed E-state index contributed by atoms with van der Waals surface area (Å²) >= 11 is 0. The number of nitrogens with zero attached hydrogens (tertiary/aromatic N) is 2. The fourth-order valence-corrected chi connectivity index (χ4v) is 2.20. The molecule has 2 heterocycles. The first-order chi connectivity index (χ1) is 9.47. The average molecular weight is 275 g/mol. The standard InChI is InChI=1S/C15H21N3O2/c1-10(9-18-12(3)7-11(2)17-18)8-16-15(19)14-5-6-20-13(14)4/h5-7,10H,8-9H2,1-4H3,(H,16,19). The second-order valence-electron chi connectivity index (χ2n) is 5.31. The zero-order valence-electron chi connectivity index (χ0n) is 12.4. The quantitative estimate of drug-likeness (QED) is 0.912. The number of carbonyl (C=O) groups excluding carboxylic acids is 1. The predicted molar refractivity (Wildman–Crippen MR) is 76.6 cm³/mol. The van der Waals surface area contributed by atoms with Crippen LogP contribution in [0.4, 0.5) is 0 Å². The van der Waals surface area contributed by atoms with E-state index in [1.807, 2.05) is 18.5 Å². The molecule has 5 heteroatoms. The lowest BCUT2D eigenvalue weighted by Gasteiger charge is -2.13. The van der Waals surface area contributed by atoms with Crippen LogP contribution in [0.1, 0.15) is 34.4 Å². The van der Waals surface area contributed by atoms with Crippen molar-refractivity contribution in [3.63, 3.8) is 0 Å². The van der Waals surface area contributed by atoms with Crippen LogP contribution in [0, 0.1) is 26.7 Å². The molecule has 0 bridgehead atoms. The van der Waals surface area contributed by atoms with Crippen molar-refractivity contribution in [1.29, 1.82) is 0 Å². The third-order valence-electron chi connectivity index (χ3n) is 3.30. The molecule has 0 spiro atoms. The Balaban J connectivity index is 1.86. The smallest absolute Gasteiger partial charge is 0.254 e. The van der Waals surface area contributed by atoms with Gasteiger partial charge in [-0.05, 0) is 38.8 Å². The summed E-state index contributed by atoms with van der Waals surface area (Å²) in [4.78, 5) is 12.0. The van der Waals surface area contributed by atoms with Gasteiger partial charge in [-0.1, -0.05) is 6.92 Å². The Morgan fingerprint density at radius 2 is 2.20 bits per heavy atom. The monoisotopic (exact) mass is 275 g/mol. The number of nitrogens with one attached hydrogen (secondary N) is 1. The van der Waals surface area contributed by atoms with Gasteiger partial charge in [0.15, 0.2) is 0 Å². The average Bonchev–Trinajstić information content (AvgIpc) is 2.93. The van der Waals surface area contributed by atoms with E-state index in [4.69, 9.17) is 4.42 Å². The van der Waals surface area contributed by atoms with Crippen molar-refractivity contribution >= 4 is 5.91 Å². The Bertz CT molecular complexity index is 598. The van der Waals surface area contributed by atoms with Gasteiger partial charge in [-0.3, -0.25) is 9.48 Å². The van der Waals surface area contributed by atoms with Crippen LogP contribution in [0.15, 0.2) is 22.8 Å². The molecule has 0 fully saturated rings. The highest BCUT2D eigenvalue weighted by Gasteiger charge is 2.13. The van der Waals surface area contributed by atoms with E-state index in [2.05, 4.69) is 23.4 Å². The highest BCUT2D eigenvalue weighted by Crippen LogP contribution is 2.09. The van der Waals surface area contributed by atoms with Gasteiger partial charge >= 0.3 is 0 Å². The number of amides is 1. The second kappa shape index (κ2) is 5.94. The maximum atomic E-state index is 12.0. The molecule has 108 valence electrons. The zero-order valence-corrected chi connectivity index (χ0v) is 12.4. The summed E-state index contributed by atoms with van der Waals surface area (Å²) in [5, 5.41) is 7.36. The van der Waals surface area contributed by atoms with Crippen molar-refractivity contribution in [2.45, 2.75) is 34.2 Å². The van der Waals surface area contributed by atoms with E-state index in [1.54, 1.807) is 13.0 Å². The minimum absolute atomic E-state index is 0.0866. The highest BCUT2D eigenvalue weighted by molar-refractivity contribution is 5.94. The SMILES string of the molecule is Cc1cc(C)n(CC(C)CNC(=O)c2ccoc2C)n1. The molecule has 1 amide bonds. The summed E-state index contributed by atoms with van der Waals surface area (Å²) in [7, 11) is 0. The van der Waals surface area contributed by atoms with Gasteiger partial charge in [0.1, 0.15) is 5.76 Å². The number of carbonyl (C=O) groups is 1. The molecule has 0 aliphatic heterocycles. The first-order valence-electron chi connectivity index (χ1n) is 6.80. The topological polar surface area (TPSA) is 60.1 Å². The van der Waals surface area contributed by atoms with Gasteiger partial charge in [-0.2, -0.15) is 5.10 Å². The minimum atomic E-state index is -0.0866. The summed E-state index contributed by atoms with van der Waals surface area (Å²) in [5.74, 6) is 0.870. The molecule has 2 rings (SSSR count). The molecule has 2 aromatic rings. The Labute approximate surface area is 119 Å². The molecule has 0 radical (unpaired) electrons. The van der Waals surface area contributed by atoms with Gasteiger partial charge < -0.3 is 9.73 Å². The first-order valence-corrected chi connectivity index (χ1v) is 6.80. The number of aromatic nitrogens is 2. The molecule has 0 saturated heterocycles. The summed E-state index contributed by atoms with van der Waals surface area (Å²) in [6, 6.07) is 3.75. The van der Waals surface area contributed by atoms with Crippen molar-refractivity contribution in [2.24, 2.45) is 5.92 Å². The van der Waals surface area contributed by atoms with Crippen molar-refractivity contribution in [1.82, 2.24) is 15.1 Å². The lowest BCUT2D eigenvalue weighted by Crippen LogP contribution is -2.30. The molecule has 20 heavy (non-hydrogen) atoms. The molecule has 0 aromatic carbocycles. The van der Waals surface area contributed by atoms with Crippen LogP contribution in [0.2, 0.25) is 0 Å². The van der Waals surface area contributed by atoms with E-state index in [0.29, 0.717) is 23.8 Å². The van der Waals surface area contributed by atoms with Gasteiger partial charge in [0, 0.05) is 18.8 Å². The molecule has 2 aromatic heterocycles. The summed E-state index contributed by atoms with van der Waals surface area (Å²) in [5.41, 5.74) is 2.77. The fraction of sp³-hybridized carbons (Fsp3) is 0.467. The minimum Gasteiger partial charge on any atom is -0.469 e. The molecular formula is C15H21N3O2. The molecule has 0 aliphatic carbocycles. The Morgan fingerprint density at radius 1 is 1.45 bits per heavy atom. The van der Waals surface area contributed by atoms with Gasteiger partial charge in [0.2, 0.25) is 0 Å². The van der Waals surface area contributed by atoms with Crippen molar-refractivity contribution in [2.75, 3.05) is 6.54 Å². The third kappa shape index (κ3) is 3.29. The molecular weight excluding hydrogens is 254 g/mol. The van der Waals surface area contributed by atoms with Crippen molar-refractivity contribution in [3.05, 3.63) is 41.1 Å². The fourth-order valence-electron chi connectivity index (χ4n) is 2.20. The van der Waals surface area contributed by atoms with Crippen LogP contribution in [0.5, 0.6) is 0 Å². The summed E-state index contributed by atoms with van der Waals surface area (Å²) in [6.45, 7) is 9.32. The van der Waals surface area contributed by atoms with Crippen LogP contribution >= 0.6 is 0 Å². The molecule has 5 nitrogen and oxygen atoms in total. The summed E-state index contributed by atoms with van der Waals surface area (Å²) < 4.78 is 7.11. The number of rotatable bonds is 5. The van der Waals surface area contributed by atoms with Crippen LogP contribution < -0.4 is 5.32 Å². The maximum absolute atomic E-state index is 12.0. The van der Waals surface area contributed by atoms with Crippen LogP contribution in [0.3, 0.4) is 0 Å². The third-order valence-corrected chi connectivity index (χ3v) is 3.30. The predicted octanol–water partition coefficient (Wildman–Crippen LogP) is 2.47. The maximum Gasteiger partial charge on any atom is 0.254 e. The van der Waals surface area contributed by atoms with Gasteiger partial charge in [0.25, 0.3) is 5.91 Å². The second-order valence-corrected chi connectivity index (χ2v) is 5.31. The molecule has 1 N–H and O–H groups in total. The molecule has 1 atom stereocenters.